The minimum atomic E-state index is -5.07. The second-order valence-electron chi connectivity index (χ2n) is 27.5. The smallest absolute Gasteiger partial charge is 0.862 e. The molecule has 6 amide bonds. The Labute approximate surface area is 564 Å². The van der Waals surface area contributed by atoms with Gasteiger partial charge in [0.2, 0.25) is 35.4 Å². The summed E-state index contributed by atoms with van der Waals surface area (Å²) in [5.41, 5.74) is 30.8. The molecule has 29 nitrogen and oxygen atoms in total. The minimum absolute atomic E-state index is 0. The molecule has 1 aromatic rings. The molecule has 8 bridgehead atoms. The van der Waals surface area contributed by atoms with Crippen LogP contribution in [0, 0.1) is 77.5 Å². The maximum atomic E-state index is 14.4. The van der Waals surface area contributed by atoms with Crippen LogP contribution in [0.5, 0.6) is 0 Å². The summed E-state index contributed by atoms with van der Waals surface area (Å²) in [5.74, 6) is -7.70. The number of rotatable bonds is 26. The van der Waals surface area contributed by atoms with Crippen LogP contribution in [0.15, 0.2) is 61.4 Å². The van der Waals surface area contributed by atoms with E-state index in [1.165, 1.54) is 13.6 Å². The first-order valence-electron chi connectivity index (χ1n) is 31.4. The predicted molar refractivity (Wildman–Crippen MR) is 344 cm³/mol. The molecule has 0 saturated carbocycles. The molecule has 7 aliphatic rings. The number of phosphoric acid groups is 1. The van der Waals surface area contributed by atoms with Crippen LogP contribution in [0.1, 0.15) is 151 Å². The summed E-state index contributed by atoms with van der Waals surface area (Å²) in [5, 5.41) is 71.5. The number of carbonyl (C=O) groups excluding carboxylic acids is 6. The number of allylic oxidation sites excluding steroid dienone is 6. The third kappa shape index (κ3) is 15.9. The molecular weight excluding hydrogens is 1300 g/mol. The Kier molecular flexibility index (Phi) is 24.3. The summed E-state index contributed by atoms with van der Waals surface area (Å²) >= 11 is 0. The molecule has 2 saturated heterocycles. The van der Waals surface area contributed by atoms with E-state index in [9.17, 15) is 53.5 Å². The number of nitrogens with one attached hydrogen (secondary N) is 2. The molecule has 525 valence electrons. The zero-order valence-corrected chi connectivity index (χ0v) is 57.7. The minimum Gasteiger partial charge on any atom is -0.862 e. The molecule has 3 radical (unpaired) electrons. The number of aliphatic imine (C=N–C) groups is 3. The van der Waals surface area contributed by atoms with Crippen molar-refractivity contribution in [3.63, 3.8) is 0 Å². The Morgan fingerprint density at radius 1 is 0.832 bits per heavy atom. The molecule has 7 heterocycles. The standard InChI is InChI=1S/C62H90N13O14P.C2H4O2.Co/c1-29-20-39-40(21-30(29)2)75(28-70-39)57-52(84)53(41(27-76)87-57)89-90(85,86)88-31(3)26-69-49(83)18-19-59(8)37(22-46(66)80)56-62(11)61(10,25-48(68)82)36(14-17-45(65)79)51(74-62)33(5)55-60(9,24-47(67)81)34(12-15-43(63)77)38(71-55)23-42-58(6,7)35(13-16-44(64)78)50(72-42)32(4)54(59)73-56;1-2(3)4;/h20-21,23,28,31,34-37,41,52-53,56-57,76,84H,12-19,22,24-27H2,1-11H3,(H15,63,64,65,66,67,68,69,71,72,73,74,77,78,79,80,81,82,83,85,86);3H,1H3;/q2*-1;+2/p-2/t31?,34-,35?,36-,37?,41-,52-,53-,56?,57+,59-,60+,61+,62+;;/m1../s1. The fourth-order valence-electron chi connectivity index (χ4n) is 15.3. The second kappa shape index (κ2) is 29.7. The van der Waals surface area contributed by atoms with Crippen LogP contribution in [0.3, 0.4) is 0 Å². The van der Waals surface area contributed by atoms with Crippen molar-refractivity contribution in [1.82, 2.24) is 5.32 Å². The number of anilines is 1. The molecule has 8 rings (SSSR count). The van der Waals surface area contributed by atoms with Crippen molar-refractivity contribution in [2.45, 2.75) is 196 Å². The summed E-state index contributed by atoms with van der Waals surface area (Å²) in [6.45, 7) is 21.6. The molecule has 0 spiro atoms. The quantitative estimate of drug-likeness (QED) is 0.0359. The summed E-state index contributed by atoms with van der Waals surface area (Å²) in [6, 6.07) is 2.67. The van der Waals surface area contributed by atoms with E-state index in [4.69, 9.17) is 78.4 Å². The molecule has 5 unspecified atom stereocenters. The van der Waals surface area contributed by atoms with E-state index < -0.39 is 150 Å². The SMILES string of the molecule is CC1=C2[N-]C(C(CC(N)=O)[C@@]2(C)CCC(=O)NCC(C)OP(=O)(O)O[C@H]2[C@@H](O)[C@@H](N3[CH][N-]c4cc(C)c(C)cc43)O[C@@H]2CO)[C@]2(C)N=C(C(C)=C3N=C(C=C4N=C1C(CCC(N)=O)C4(C)C)[C@@H](CCC(=N)[O-])[C@]3(C)CC(N)=O)[C@@H](CCC(N)=O)[C@]2(C)CC(N)=O.C[C]([O-])O.[Co+2]. The van der Waals surface area contributed by atoms with Crippen LogP contribution in [-0.4, -0.2) is 134 Å². The largest absolute Gasteiger partial charge is 2.00 e. The number of carbonyl (C=O) groups is 6. The van der Waals surface area contributed by atoms with Gasteiger partial charge in [0.1, 0.15) is 18.3 Å². The molecule has 15 atom stereocenters. The molecule has 0 aliphatic carbocycles. The van der Waals surface area contributed by atoms with Gasteiger partial charge in [-0.3, -0.25) is 52.8 Å². The maximum absolute atomic E-state index is 14.4. The number of fused-ring (bicyclic) bond motifs is 7. The molecule has 16 N–H and O–H groups in total. The van der Waals surface area contributed by atoms with Gasteiger partial charge in [-0.25, -0.2) is 4.57 Å². The van der Waals surface area contributed by atoms with Crippen LogP contribution < -0.4 is 49.1 Å². The number of benzene rings is 1. The van der Waals surface area contributed by atoms with Crippen LogP contribution in [0.25, 0.3) is 10.6 Å². The van der Waals surface area contributed by atoms with Crippen LogP contribution in [-0.2, 0) is 63.9 Å². The number of primary amides is 5. The molecule has 95 heavy (non-hydrogen) atoms. The van der Waals surface area contributed by atoms with Crippen LogP contribution >= 0.6 is 7.82 Å². The summed E-state index contributed by atoms with van der Waals surface area (Å²) in [6.07, 6.45) is -7.04. The number of aliphatic hydroxyl groups is 3. The van der Waals surface area contributed by atoms with Crippen molar-refractivity contribution in [3.8, 4) is 0 Å². The van der Waals surface area contributed by atoms with Gasteiger partial charge >= 0.3 is 24.6 Å². The number of ether oxygens (including phenoxy) is 1. The molecular formula is C64H92CoN13O16P-2. The number of aliphatic hydroxyl groups excluding tert-OH is 3. The van der Waals surface area contributed by atoms with E-state index in [-0.39, 0.29) is 94.0 Å². The van der Waals surface area contributed by atoms with Gasteiger partial charge in [0, 0.05) is 114 Å². The molecule has 2 fully saturated rings. The Balaban J connectivity index is 0.00000278. The van der Waals surface area contributed by atoms with Crippen molar-refractivity contribution in [2.75, 3.05) is 18.1 Å². The number of nitrogens with two attached hydrogens (primary N) is 5. The van der Waals surface area contributed by atoms with Gasteiger partial charge in [0.15, 0.2) is 6.23 Å². The average molecular weight is 1390 g/mol. The number of hydrogen-bond donors (Lipinski definition) is 11. The first-order chi connectivity index (χ1) is 43.6. The Bertz CT molecular complexity index is 3440. The Hall–Kier alpha value is -6.44. The third-order valence-corrected chi connectivity index (χ3v) is 21.6. The number of aryl methyl sites for hydroxylation is 2. The van der Waals surface area contributed by atoms with Crippen molar-refractivity contribution in [2.24, 2.45) is 89.0 Å². The van der Waals surface area contributed by atoms with Gasteiger partial charge in [0.25, 0.3) is 0 Å². The number of amides is 6. The molecule has 31 heteroatoms. The van der Waals surface area contributed by atoms with E-state index in [1.54, 1.807) is 18.7 Å². The van der Waals surface area contributed by atoms with E-state index in [0.717, 1.165) is 18.1 Å². The summed E-state index contributed by atoms with van der Waals surface area (Å²) < 4.78 is 30.7. The van der Waals surface area contributed by atoms with E-state index in [1.807, 2.05) is 73.6 Å². The Morgan fingerprint density at radius 3 is 1.99 bits per heavy atom. The van der Waals surface area contributed by atoms with Gasteiger partial charge in [-0.05, 0) is 139 Å². The van der Waals surface area contributed by atoms with Crippen LogP contribution in [0.4, 0.5) is 11.4 Å². The average Bonchev–Trinajstić information content (AvgIpc) is 1.53. The van der Waals surface area contributed by atoms with Gasteiger partial charge in [-0.1, -0.05) is 46.7 Å². The summed E-state index contributed by atoms with van der Waals surface area (Å²) in [4.78, 5) is 110. The first kappa shape index (κ1) is 77.6. The zero-order valence-electron chi connectivity index (χ0n) is 55.8. The van der Waals surface area contributed by atoms with E-state index in [2.05, 4.69) is 10.6 Å². The summed E-state index contributed by atoms with van der Waals surface area (Å²) in [7, 11) is -5.07. The predicted octanol–water partition coefficient (Wildman–Crippen LogP) is 3.45. The maximum Gasteiger partial charge on any atom is 2.00 e. The topological polar surface area (TPSA) is 509 Å². The van der Waals surface area contributed by atoms with Crippen molar-refractivity contribution >= 4 is 77.7 Å². The molecule has 0 aromatic heterocycles. The fraction of sp³-hybridized carbons (Fsp3) is 0.625. The van der Waals surface area contributed by atoms with E-state index in [0.29, 0.717) is 56.7 Å². The van der Waals surface area contributed by atoms with Crippen molar-refractivity contribution in [1.29, 1.82) is 5.41 Å². The number of nitrogens with zero attached hydrogens (tertiary/aromatic N) is 6. The van der Waals surface area contributed by atoms with Gasteiger partial charge in [0.05, 0.1) is 23.9 Å². The van der Waals surface area contributed by atoms with E-state index >= 15 is 0 Å². The molecule has 1 aromatic carbocycles. The van der Waals surface area contributed by atoms with Crippen LogP contribution in [0.2, 0.25) is 0 Å². The number of hydrogen-bond acceptors (Lipinski definition) is 20. The fourth-order valence-corrected chi connectivity index (χ4v) is 16.5. The Morgan fingerprint density at radius 2 is 1.42 bits per heavy atom. The van der Waals surface area contributed by atoms with Crippen molar-refractivity contribution < 1.29 is 94.3 Å². The van der Waals surface area contributed by atoms with Gasteiger partial charge in [-0.2, -0.15) is 5.70 Å². The normalized spacial score (nSPS) is 31.2. The molecule has 7 aliphatic heterocycles. The van der Waals surface area contributed by atoms with Gasteiger partial charge < -0.3 is 90.1 Å². The third-order valence-electron chi connectivity index (χ3n) is 20.5. The number of phosphoric ester groups is 1. The monoisotopic (exact) mass is 1390 g/mol. The zero-order chi connectivity index (χ0) is 70.3. The van der Waals surface area contributed by atoms with Gasteiger partial charge in [-0.15, -0.1) is 5.69 Å². The van der Waals surface area contributed by atoms with Crippen molar-refractivity contribution in [3.05, 3.63) is 81.2 Å². The second-order valence-corrected chi connectivity index (χ2v) is 28.8. The first-order valence-corrected chi connectivity index (χ1v) is 32.9.